The summed E-state index contributed by atoms with van der Waals surface area (Å²) in [5.41, 5.74) is 5.30. The molecule has 0 radical (unpaired) electrons. The fourth-order valence-electron chi connectivity index (χ4n) is 1.66. The number of carbonyl (C=O) groups excluding carboxylic acids is 2. The van der Waals surface area contributed by atoms with Crippen LogP contribution in [0, 0.1) is 0 Å². The Bertz CT molecular complexity index is 444. The normalized spacial score (nSPS) is 18.4. The van der Waals surface area contributed by atoms with Crippen LogP contribution in [-0.4, -0.2) is 22.8 Å². The highest BCUT2D eigenvalue weighted by molar-refractivity contribution is 8.00. The zero-order valence-electron chi connectivity index (χ0n) is 9.61. The van der Waals surface area contributed by atoms with Crippen molar-refractivity contribution in [3.63, 3.8) is 0 Å². The SMILES string of the molecule is O=C(NNC(=O)[C@H]1CCCS1)c1ccc(Cl)cc1. The Morgan fingerprint density at radius 1 is 1.22 bits per heavy atom. The molecule has 1 aliphatic heterocycles. The van der Waals surface area contributed by atoms with Gasteiger partial charge in [0.15, 0.2) is 0 Å². The van der Waals surface area contributed by atoms with Gasteiger partial charge in [-0.2, -0.15) is 0 Å². The van der Waals surface area contributed by atoms with Crippen molar-refractivity contribution in [3.8, 4) is 0 Å². The van der Waals surface area contributed by atoms with E-state index in [2.05, 4.69) is 10.9 Å². The maximum absolute atomic E-state index is 11.7. The fraction of sp³-hybridized carbons (Fsp3) is 0.333. The van der Waals surface area contributed by atoms with E-state index in [1.54, 1.807) is 36.0 Å². The topological polar surface area (TPSA) is 58.2 Å². The summed E-state index contributed by atoms with van der Waals surface area (Å²) < 4.78 is 0. The second-order valence-electron chi connectivity index (χ2n) is 3.95. The predicted molar refractivity (Wildman–Crippen MR) is 72.5 cm³/mol. The van der Waals surface area contributed by atoms with E-state index in [1.807, 2.05) is 0 Å². The summed E-state index contributed by atoms with van der Waals surface area (Å²) in [7, 11) is 0. The summed E-state index contributed by atoms with van der Waals surface area (Å²) in [5, 5.41) is 0.522. The number of thioether (sulfide) groups is 1. The van der Waals surface area contributed by atoms with Gasteiger partial charge in [-0.05, 0) is 42.9 Å². The van der Waals surface area contributed by atoms with E-state index >= 15 is 0 Å². The molecule has 0 unspecified atom stereocenters. The Morgan fingerprint density at radius 3 is 2.56 bits per heavy atom. The van der Waals surface area contributed by atoms with Gasteiger partial charge in [-0.15, -0.1) is 11.8 Å². The molecule has 0 spiro atoms. The highest BCUT2D eigenvalue weighted by Gasteiger charge is 2.23. The minimum Gasteiger partial charge on any atom is -0.272 e. The zero-order valence-corrected chi connectivity index (χ0v) is 11.2. The van der Waals surface area contributed by atoms with Crippen LogP contribution in [0.25, 0.3) is 0 Å². The molecule has 0 saturated carbocycles. The van der Waals surface area contributed by atoms with Crippen LogP contribution in [0.1, 0.15) is 23.2 Å². The number of hydrogen-bond donors (Lipinski definition) is 2. The molecule has 1 saturated heterocycles. The molecule has 96 valence electrons. The van der Waals surface area contributed by atoms with Crippen molar-refractivity contribution in [2.75, 3.05) is 5.75 Å². The first kappa shape index (κ1) is 13.2. The van der Waals surface area contributed by atoms with Gasteiger partial charge >= 0.3 is 0 Å². The van der Waals surface area contributed by atoms with E-state index in [1.165, 1.54) is 0 Å². The van der Waals surface area contributed by atoms with E-state index in [9.17, 15) is 9.59 Å². The molecule has 1 aromatic rings. The lowest BCUT2D eigenvalue weighted by molar-refractivity contribution is -0.121. The summed E-state index contributed by atoms with van der Waals surface area (Å²) in [5.74, 6) is 0.520. The molecule has 0 aromatic heterocycles. The smallest absolute Gasteiger partial charge is 0.269 e. The standard InChI is InChI=1S/C12H13ClN2O2S/c13-9-5-3-8(4-6-9)11(16)14-15-12(17)10-2-1-7-18-10/h3-6,10H,1-2,7H2,(H,14,16)(H,15,17)/t10-/m1/s1. The summed E-state index contributed by atoms with van der Waals surface area (Å²) in [6, 6.07) is 6.47. The van der Waals surface area contributed by atoms with Crippen LogP contribution in [0.3, 0.4) is 0 Å². The van der Waals surface area contributed by atoms with Crippen molar-refractivity contribution >= 4 is 35.2 Å². The third kappa shape index (κ3) is 3.40. The lowest BCUT2D eigenvalue weighted by atomic mass is 10.2. The Morgan fingerprint density at radius 2 is 1.94 bits per heavy atom. The number of amides is 2. The van der Waals surface area contributed by atoms with Crippen LogP contribution in [0.5, 0.6) is 0 Å². The van der Waals surface area contributed by atoms with E-state index in [0.29, 0.717) is 10.6 Å². The Kier molecular flexibility index (Phi) is 4.49. The quantitative estimate of drug-likeness (QED) is 0.817. The average molecular weight is 285 g/mol. The van der Waals surface area contributed by atoms with Gasteiger partial charge in [-0.3, -0.25) is 20.4 Å². The minimum absolute atomic E-state index is 0.0458. The predicted octanol–water partition coefficient (Wildman–Crippen LogP) is 2.00. The Labute approximate surface area is 114 Å². The molecule has 1 aromatic carbocycles. The molecule has 1 atom stereocenters. The molecule has 6 heteroatoms. The van der Waals surface area contributed by atoms with Crippen LogP contribution in [0.2, 0.25) is 5.02 Å². The van der Waals surface area contributed by atoms with Gasteiger partial charge < -0.3 is 0 Å². The van der Waals surface area contributed by atoms with Crippen molar-refractivity contribution in [3.05, 3.63) is 34.9 Å². The van der Waals surface area contributed by atoms with Gasteiger partial charge in [0.2, 0.25) is 0 Å². The number of rotatable bonds is 2. The van der Waals surface area contributed by atoms with Crippen molar-refractivity contribution in [2.24, 2.45) is 0 Å². The molecule has 4 nitrogen and oxygen atoms in total. The molecule has 2 N–H and O–H groups in total. The molecular weight excluding hydrogens is 272 g/mol. The molecule has 2 amide bonds. The number of nitrogens with one attached hydrogen (secondary N) is 2. The zero-order chi connectivity index (χ0) is 13.0. The van der Waals surface area contributed by atoms with Crippen molar-refractivity contribution in [1.29, 1.82) is 0 Å². The number of halogens is 1. The van der Waals surface area contributed by atoms with E-state index in [-0.39, 0.29) is 17.1 Å². The van der Waals surface area contributed by atoms with Gasteiger partial charge in [0, 0.05) is 10.6 Å². The van der Waals surface area contributed by atoms with Crippen molar-refractivity contribution in [1.82, 2.24) is 10.9 Å². The number of benzene rings is 1. The second kappa shape index (κ2) is 6.11. The third-order valence-electron chi connectivity index (χ3n) is 2.63. The molecule has 1 heterocycles. The lowest BCUT2D eigenvalue weighted by Gasteiger charge is -2.10. The maximum atomic E-state index is 11.7. The van der Waals surface area contributed by atoms with Gasteiger partial charge in [0.05, 0.1) is 5.25 Å². The van der Waals surface area contributed by atoms with Gasteiger partial charge in [0.25, 0.3) is 11.8 Å². The van der Waals surface area contributed by atoms with E-state index in [4.69, 9.17) is 11.6 Å². The molecule has 1 fully saturated rings. The molecule has 0 bridgehead atoms. The van der Waals surface area contributed by atoms with E-state index < -0.39 is 0 Å². The largest absolute Gasteiger partial charge is 0.272 e. The highest BCUT2D eigenvalue weighted by atomic mass is 35.5. The molecular formula is C12H13ClN2O2S. The summed E-state index contributed by atoms with van der Waals surface area (Å²) in [6.45, 7) is 0. The van der Waals surface area contributed by atoms with E-state index in [0.717, 1.165) is 18.6 Å². The molecule has 2 rings (SSSR count). The molecule has 0 aliphatic carbocycles. The van der Waals surface area contributed by atoms with Crippen LogP contribution in [0.4, 0.5) is 0 Å². The summed E-state index contributed by atoms with van der Waals surface area (Å²) in [6.07, 6.45) is 1.92. The fourth-order valence-corrected chi connectivity index (χ4v) is 2.94. The minimum atomic E-state index is -0.344. The lowest BCUT2D eigenvalue weighted by Crippen LogP contribution is -2.45. The van der Waals surface area contributed by atoms with Crippen LogP contribution >= 0.6 is 23.4 Å². The van der Waals surface area contributed by atoms with Crippen LogP contribution in [0.15, 0.2) is 24.3 Å². The first-order valence-corrected chi connectivity index (χ1v) is 7.07. The third-order valence-corrected chi connectivity index (χ3v) is 4.26. The van der Waals surface area contributed by atoms with Gasteiger partial charge in [0.1, 0.15) is 0 Å². The van der Waals surface area contributed by atoms with Crippen LogP contribution in [-0.2, 0) is 4.79 Å². The number of hydrazine groups is 1. The van der Waals surface area contributed by atoms with Crippen molar-refractivity contribution < 1.29 is 9.59 Å². The number of carbonyl (C=O) groups is 2. The first-order chi connectivity index (χ1) is 8.66. The van der Waals surface area contributed by atoms with Crippen molar-refractivity contribution in [2.45, 2.75) is 18.1 Å². The van der Waals surface area contributed by atoms with Gasteiger partial charge in [-0.1, -0.05) is 11.6 Å². The molecule has 1 aliphatic rings. The second-order valence-corrected chi connectivity index (χ2v) is 5.70. The maximum Gasteiger partial charge on any atom is 0.269 e. The summed E-state index contributed by atoms with van der Waals surface area (Å²) in [4.78, 5) is 23.4. The Hall–Kier alpha value is -1.20. The summed E-state index contributed by atoms with van der Waals surface area (Å²) >= 11 is 7.34. The van der Waals surface area contributed by atoms with Gasteiger partial charge in [-0.25, -0.2) is 0 Å². The highest BCUT2D eigenvalue weighted by Crippen LogP contribution is 2.25. The number of hydrogen-bond acceptors (Lipinski definition) is 3. The first-order valence-electron chi connectivity index (χ1n) is 5.64. The van der Waals surface area contributed by atoms with Crippen LogP contribution < -0.4 is 10.9 Å². The Balaban J connectivity index is 1.84. The molecule has 18 heavy (non-hydrogen) atoms. The monoisotopic (exact) mass is 284 g/mol. The average Bonchev–Trinajstić information content (AvgIpc) is 2.90.